The van der Waals surface area contributed by atoms with Gasteiger partial charge in [0.05, 0.1) is 6.10 Å². The zero-order valence-electron chi connectivity index (χ0n) is 19.9. The lowest BCUT2D eigenvalue weighted by molar-refractivity contribution is -0.136. The summed E-state index contributed by atoms with van der Waals surface area (Å²) in [6.45, 7) is 6.31. The molecule has 3 unspecified atom stereocenters. The fraction of sp³-hybridized carbons (Fsp3) is 0.654. The molecule has 1 aromatic carbocycles. The van der Waals surface area contributed by atoms with Crippen LogP contribution in [0.5, 0.6) is 0 Å². The smallest absolute Gasteiger partial charge is 0.255 e. The maximum Gasteiger partial charge on any atom is 0.255 e. The van der Waals surface area contributed by atoms with Crippen LogP contribution in [0.1, 0.15) is 66.4 Å². The Labute approximate surface area is 201 Å². The molecule has 3 fully saturated rings. The highest BCUT2D eigenvalue weighted by molar-refractivity contribution is 6.05. The Hall–Kier alpha value is -2.29. The van der Waals surface area contributed by atoms with Crippen LogP contribution >= 0.6 is 0 Å². The van der Waals surface area contributed by atoms with Crippen LogP contribution in [-0.4, -0.2) is 72.5 Å². The Bertz CT molecular complexity index is 929. The molecule has 4 aliphatic rings. The summed E-state index contributed by atoms with van der Waals surface area (Å²) in [5, 5.41) is 5.84. The minimum atomic E-state index is -0.564. The Balaban J connectivity index is 1.14. The molecule has 2 N–H and O–H groups in total. The molecule has 3 amide bonds. The SMILES string of the molecule is O=C1CCC(N2Cc3ccc(CN4CCCC(OCCC5CCCNC5)C4)cc3C2=O)C(=O)N1. The number of imide groups is 1. The van der Waals surface area contributed by atoms with Gasteiger partial charge in [0, 0.05) is 38.2 Å². The van der Waals surface area contributed by atoms with Crippen molar-refractivity contribution >= 4 is 17.7 Å². The summed E-state index contributed by atoms with van der Waals surface area (Å²) in [6, 6.07) is 5.54. The van der Waals surface area contributed by atoms with E-state index < -0.39 is 6.04 Å². The monoisotopic (exact) mass is 468 g/mol. The second-order valence-electron chi connectivity index (χ2n) is 10.3. The third-order valence-corrected chi connectivity index (χ3v) is 7.74. The lowest BCUT2D eigenvalue weighted by Crippen LogP contribution is -2.52. The quantitative estimate of drug-likeness (QED) is 0.594. The number of piperidine rings is 3. The first kappa shape index (κ1) is 23.5. The van der Waals surface area contributed by atoms with Gasteiger partial charge in [-0.15, -0.1) is 0 Å². The lowest BCUT2D eigenvalue weighted by Gasteiger charge is -2.33. The van der Waals surface area contributed by atoms with Crippen molar-refractivity contribution in [3.05, 3.63) is 34.9 Å². The van der Waals surface area contributed by atoms with Gasteiger partial charge in [-0.25, -0.2) is 0 Å². The molecule has 0 radical (unpaired) electrons. The number of hydrogen-bond donors (Lipinski definition) is 2. The number of benzene rings is 1. The number of nitrogens with one attached hydrogen (secondary N) is 2. The number of likely N-dealkylation sites (tertiary alicyclic amines) is 1. The maximum absolute atomic E-state index is 13.1. The third-order valence-electron chi connectivity index (χ3n) is 7.74. The van der Waals surface area contributed by atoms with E-state index in [1.54, 1.807) is 4.90 Å². The second-order valence-corrected chi connectivity index (χ2v) is 10.3. The van der Waals surface area contributed by atoms with Gasteiger partial charge in [-0.2, -0.15) is 0 Å². The molecule has 0 aliphatic carbocycles. The largest absolute Gasteiger partial charge is 0.377 e. The van der Waals surface area contributed by atoms with Gasteiger partial charge in [0.2, 0.25) is 11.8 Å². The van der Waals surface area contributed by atoms with Crippen molar-refractivity contribution in [3.63, 3.8) is 0 Å². The van der Waals surface area contributed by atoms with Crippen molar-refractivity contribution in [2.24, 2.45) is 5.92 Å². The van der Waals surface area contributed by atoms with E-state index in [0.29, 0.717) is 18.5 Å². The summed E-state index contributed by atoms with van der Waals surface area (Å²) < 4.78 is 6.25. The van der Waals surface area contributed by atoms with E-state index in [-0.39, 0.29) is 30.2 Å². The summed E-state index contributed by atoms with van der Waals surface area (Å²) in [5.41, 5.74) is 2.76. The summed E-state index contributed by atoms with van der Waals surface area (Å²) in [4.78, 5) is 40.9. The maximum atomic E-state index is 13.1. The van der Waals surface area contributed by atoms with Crippen LogP contribution in [0.3, 0.4) is 0 Å². The van der Waals surface area contributed by atoms with Crippen LogP contribution in [0.25, 0.3) is 0 Å². The third kappa shape index (κ3) is 5.34. The zero-order valence-corrected chi connectivity index (χ0v) is 19.9. The molecule has 1 aromatic rings. The fourth-order valence-corrected chi connectivity index (χ4v) is 5.82. The topological polar surface area (TPSA) is 91.0 Å². The van der Waals surface area contributed by atoms with Crippen molar-refractivity contribution in [2.45, 2.75) is 70.2 Å². The second kappa shape index (κ2) is 10.5. The van der Waals surface area contributed by atoms with Gasteiger partial charge in [-0.1, -0.05) is 12.1 Å². The lowest BCUT2D eigenvalue weighted by atomic mass is 9.97. The van der Waals surface area contributed by atoms with E-state index in [4.69, 9.17) is 4.74 Å². The molecule has 8 heteroatoms. The van der Waals surface area contributed by atoms with Crippen LogP contribution in [0.15, 0.2) is 18.2 Å². The normalized spacial score (nSPS) is 28.2. The number of ether oxygens (including phenoxy) is 1. The van der Waals surface area contributed by atoms with Crippen molar-refractivity contribution < 1.29 is 19.1 Å². The number of nitrogens with zero attached hydrogens (tertiary/aromatic N) is 2. The standard InChI is InChI=1S/C26H36N4O4/c31-24-8-7-23(25(32)28-24)30-16-20-6-5-19(13-22(20)26(30)33)15-29-11-2-4-21(17-29)34-12-9-18-3-1-10-27-14-18/h5-6,13,18,21,23,27H,1-4,7-12,14-17H2,(H,28,31,32). The van der Waals surface area contributed by atoms with Gasteiger partial charge >= 0.3 is 0 Å². The molecule has 4 aliphatic heterocycles. The van der Waals surface area contributed by atoms with Crippen LogP contribution in [-0.2, 0) is 27.4 Å². The number of rotatable bonds is 7. The predicted octanol–water partition coefficient (Wildman–Crippen LogP) is 1.82. The first-order valence-corrected chi connectivity index (χ1v) is 12.9. The average molecular weight is 469 g/mol. The Morgan fingerprint density at radius 2 is 2.00 bits per heavy atom. The summed E-state index contributed by atoms with van der Waals surface area (Å²) in [6.07, 6.45) is 6.92. The number of hydrogen-bond acceptors (Lipinski definition) is 6. The highest BCUT2D eigenvalue weighted by atomic mass is 16.5. The number of amides is 3. The van der Waals surface area contributed by atoms with Crippen molar-refractivity contribution in [1.82, 2.24) is 20.4 Å². The van der Waals surface area contributed by atoms with Crippen LogP contribution in [0.2, 0.25) is 0 Å². The number of carbonyl (C=O) groups excluding carboxylic acids is 3. The van der Waals surface area contributed by atoms with E-state index in [9.17, 15) is 14.4 Å². The first-order chi connectivity index (χ1) is 16.6. The molecule has 3 atom stereocenters. The molecule has 8 nitrogen and oxygen atoms in total. The molecular weight excluding hydrogens is 432 g/mol. The molecule has 3 saturated heterocycles. The van der Waals surface area contributed by atoms with E-state index in [1.807, 2.05) is 12.1 Å². The highest BCUT2D eigenvalue weighted by Crippen LogP contribution is 2.29. The van der Waals surface area contributed by atoms with Gasteiger partial charge < -0.3 is 15.0 Å². The van der Waals surface area contributed by atoms with Crippen LogP contribution in [0, 0.1) is 5.92 Å². The molecule has 0 saturated carbocycles. The van der Waals surface area contributed by atoms with Crippen molar-refractivity contribution in [1.29, 1.82) is 0 Å². The Morgan fingerprint density at radius 1 is 1.09 bits per heavy atom. The first-order valence-electron chi connectivity index (χ1n) is 12.9. The van der Waals surface area contributed by atoms with Gasteiger partial charge in [0.1, 0.15) is 6.04 Å². The van der Waals surface area contributed by atoms with Crippen LogP contribution < -0.4 is 10.6 Å². The van der Waals surface area contributed by atoms with E-state index in [0.717, 1.165) is 75.6 Å². The Morgan fingerprint density at radius 3 is 2.82 bits per heavy atom. The summed E-state index contributed by atoms with van der Waals surface area (Å²) in [7, 11) is 0. The molecule has 0 spiro atoms. The van der Waals surface area contributed by atoms with Gasteiger partial charge in [-0.3, -0.25) is 24.6 Å². The molecule has 5 rings (SSSR count). The average Bonchev–Trinajstić information content (AvgIpc) is 3.16. The van der Waals surface area contributed by atoms with E-state index in [2.05, 4.69) is 21.6 Å². The van der Waals surface area contributed by atoms with Gasteiger partial charge in [0.15, 0.2) is 0 Å². The minimum absolute atomic E-state index is 0.108. The minimum Gasteiger partial charge on any atom is -0.377 e. The highest BCUT2D eigenvalue weighted by Gasteiger charge is 2.39. The fourth-order valence-electron chi connectivity index (χ4n) is 5.82. The Kier molecular flexibility index (Phi) is 7.27. The molecule has 184 valence electrons. The molecule has 4 heterocycles. The van der Waals surface area contributed by atoms with Gasteiger partial charge in [0.25, 0.3) is 5.91 Å². The molecule has 0 aromatic heterocycles. The molecule has 0 bridgehead atoms. The van der Waals surface area contributed by atoms with Crippen molar-refractivity contribution in [3.8, 4) is 0 Å². The number of fused-ring (bicyclic) bond motifs is 1. The van der Waals surface area contributed by atoms with Crippen molar-refractivity contribution in [2.75, 3.05) is 32.8 Å². The molecular formula is C26H36N4O4. The van der Waals surface area contributed by atoms with Crippen LogP contribution in [0.4, 0.5) is 0 Å². The van der Waals surface area contributed by atoms with E-state index in [1.165, 1.54) is 12.8 Å². The zero-order chi connectivity index (χ0) is 23.5. The van der Waals surface area contributed by atoms with Gasteiger partial charge in [-0.05, 0) is 81.3 Å². The van der Waals surface area contributed by atoms with E-state index >= 15 is 0 Å². The predicted molar refractivity (Wildman–Crippen MR) is 127 cm³/mol. The number of carbonyl (C=O) groups is 3. The molecule has 34 heavy (non-hydrogen) atoms. The summed E-state index contributed by atoms with van der Waals surface area (Å²) in [5.74, 6) is 0.0137. The summed E-state index contributed by atoms with van der Waals surface area (Å²) >= 11 is 0.